The Hall–Kier alpha value is -2.27. The molecule has 0 aliphatic carbocycles. The van der Waals surface area contributed by atoms with E-state index in [-0.39, 0.29) is 6.54 Å². The third-order valence-corrected chi connectivity index (χ3v) is 6.35. The highest BCUT2D eigenvalue weighted by Gasteiger charge is 2.37. The fraction of sp³-hybridized carbons (Fsp3) is 0.474. The maximum Gasteiger partial charge on any atom is 0.156 e. The summed E-state index contributed by atoms with van der Waals surface area (Å²) in [6.45, 7) is 3.21. The van der Waals surface area contributed by atoms with Crippen LogP contribution in [0.1, 0.15) is 18.5 Å². The lowest BCUT2D eigenvalue weighted by atomic mass is 10.2. The number of aromatic nitrogens is 4. The Morgan fingerprint density at radius 1 is 1.22 bits per heavy atom. The van der Waals surface area contributed by atoms with E-state index in [0.29, 0.717) is 22.8 Å². The maximum absolute atomic E-state index is 9.21. The molecule has 0 N–H and O–H groups in total. The first kappa shape index (κ1) is 16.9. The van der Waals surface area contributed by atoms with E-state index in [4.69, 9.17) is 11.6 Å². The summed E-state index contributed by atoms with van der Waals surface area (Å²) in [4.78, 5) is 18.2. The molecular weight excluding hydrogens is 362 g/mol. The Balaban J connectivity index is 1.53. The fourth-order valence-corrected chi connectivity index (χ4v) is 4.93. The van der Waals surface area contributed by atoms with Gasteiger partial charge in [0.15, 0.2) is 5.15 Å². The standard InChI is InChI=1S/C19H20ClN7/c1-25-13-2-3-14(25)10-26(9-13)8-12-6-15-16(7-22-12)27(5-4-21)18-17(15)23-11-24-19(18)20/h6-7,11,13-14H,2-3,5,8-10H2,1H3. The molecule has 3 aromatic rings. The van der Waals surface area contributed by atoms with Crippen LogP contribution in [0.2, 0.25) is 5.15 Å². The van der Waals surface area contributed by atoms with Gasteiger partial charge < -0.3 is 4.57 Å². The predicted octanol–water partition coefficient (Wildman–Crippen LogP) is 2.43. The predicted molar refractivity (Wildman–Crippen MR) is 103 cm³/mol. The highest BCUT2D eigenvalue weighted by atomic mass is 35.5. The van der Waals surface area contributed by atoms with Crippen LogP contribution < -0.4 is 0 Å². The SMILES string of the molecule is CN1C2CCC1CN(Cc1cc3c4ncnc(Cl)c4n(CC#N)c3cn1)C2. The average molecular weight is 382 g/mol. The molecule has 27 heavy (non-hydrogen) atoms. The summed E-state index contributed by atoms with van der Waals surface area (Å²) < 4.78 is 1.85. The number of halogens is 1. The zero-order valence-corrected chi connectivity index (χ0v) is 15.9. The molecule has 2 fully saturated rings. The lowest BCUT2D eigenvalue weighted by Gasteiger charge is -2.38. The second-order valence-corrected chi connectivity index (χ2v) is 7.90. The van der Waals surface area contributed by atoms with Crippen molar-refractivity contribution in [1.82, 2.24) is 29.3 Å². The maximum atomic E-state index is 9.21. The summed E-state index contributed by atoms with van der Waals surface area (Å²) >= 11 is 6.30. The molecule has 8 heteroatoms. The zero-order valence-electron chi connectivity index (χ0n) is 15.1. The van der Waals surface area contributed by atoms with Gasteiger partial charge in [0.25, 0.3) is 0 Å². The molecule has 138 valence electrons. The van der Waals surface area contributed by atoms with Crippen molar-refractivity contribution in [1.29, 1.82) is 5.26 Å². The van der Waals surface area contributed by atoms with Crippen LogP contribution in [0.4, 0.5) is 0 Å². The van der Waals surface area contributed by atoms with E-state index in [1.807, 2.05) is 10.8 Å². The van der Waals surface area contributed by atoms with E-state index in [1.165, 1.54) is 19.2 Å². The molecule has 2 aliphatic rings. The van der Waals surface area contributed by atoms with Crippen LogP contribution in [-0.4, -0.2) is 61.5 Å². The topological polar surface area (TPSA) is 73.9 Å². The lowest BCUT2D eigenvalue weighted by molar-refractivity contribution is 0.0829. The van der Waals surface area contributed by atoms with Crippen LogP contribution in [0.5, 0.6) is 0 Å². The van der Waals surface area contributed by atoms with Gasteiger partial charge in [0.05, 0.1) is 23.5 Å². The molecule has 0 radical (unpaired) electrons. The number of fused-ring (bicyclic) bond motifs is 5. The van der Waals surface area contributed by atoms with E-state index < -0.39 is 0 Å². The molecule has 0 amide bonds. The summed E-state index contributed by atoms with van der Waals surface area (Å²) in [5, 5.41) is 10.6. The second-order valence-electron chi connectivity index (χ2n) is 7.54. The first-order chi connectivity index (χ1) is 13.2. The highest BCUT2D eigenvalue weighted by Crippen LogP contribution is 2.32. The monoisotopic (exact) mass is 381 g/mol. The average Bonchev–Trinajstić information content (AvgIpc) is 3.06. The van der Waals surface area contributed by atoms with Gasteiger partial charge in [-0.05, 0) is 26.0 Å². The molecule has 2 unspecified atom stereocenters. The van der Waals surface area contributed by atoms with Gasteiger partial charge in [0.1, 0.15) is 23.9 Å². The van der Waals surface area contributed by atoms with Gasteiger partial charge >= 0.3 is 0 Å². The van der Waals surface area contributed by atoms with Crippen molar-refractivity contribution < 1.29 is 0 Å². The number of pyridine rings is 1. The van der Waals surface area contributed by atoms with Gasteiger partial charge in [-0.3, -0.25) is 14.8 Å². The van der Waals surface area contributed by atoms with E-state index in [1.54, 1.807) is 0 Å². The minimum Gasteiger partial charge on any atom is -0.321 e. The van der Waals surface area contributed by atoms with Gasteiger partial charge in [0, 0.05) is 37.1 Å². The van der Waals surface area contributed by atoms with Gasteiger partial charge in [0.2, 0.25) is 0 Å². The lowest BCUT2D eigenvalue weighted by Crippen LogP contribution is -2.51. The summed E-state index contributed by atoms with van der Waals surface area (Å²) in [6, 6.07) is 5.61. The molecule has 3 aromatic heterocycles. The molecule has 5 heterocycles. The minimum absolute atomic E-state index is 0.190. The van der Waals surface area contributed by atoms with Gasteiger partial charge in [-0.2, -0.15) is 5.26 Å². The molecule has 2 aliphatic heterocycles. The van der Waals surface area contributed by atoms with Crippen molar-refractivity contribution in [2.45, 2.75) is 38.0 Å². The third kappa shape index (κ3) is 2.67. The van der Waals surface area contributed by atoms with Crippen LogP contribution in [0.15, 0.2) is 18.6 Å². The van der Waals surface area contributed by atoms with E-state index in [2.05, 4.69) is 43.9 Å². The van der Waals surface area contributed by atoms with Crippen molar-refractivity contribution in [3.05, 3.63) is 29.4 Å². The number of hydrogen-bond donors (Lipinski definition) is 0. The normalized spacial score (nSPS) is 23.3. The number of hydrogen-bond acceptors (Lipinski definition) is 6. The van der Waals surface area contributed by atoms with Crippen molar-refractivity contribution in [2.24, 2.45) is 0 Å². The van der Waals surface area contributed by atoms with Crippen molar-refractivity contribution in [3.63, 3.8) is 0 Å². The van der Waals surface area contributed by atoms with E-state index >= 15 is 0 Å². The van der Waals surface area contributed by atoms with Crippen LogP contribution in [0, 0.1) is 11.3 Å². The second kappa shape index (κ2) is 6.41. The minimum atomic E-state index is 0.190. The molecule has 2 atom stereocenters. The number of likely N-dealkylation sites (tertiary alicyclic amines) is 1. The Labute approximate surface area is 162 Å². The quantitative estimate of drug-likeness (QED) is 0.649. The molecule has 7 nitrogen and oxygen atoms in total. The molecule has 2 bridgehead atoms. The Morgan fingerprint density at radius 3 is 2.74 bits per heavy atom. The fourth-order valence-electron chi connectivity index (χ4n) is 4.69. The summed E-state index contributed by atoms with van der Waals surface area (Å²) in [7, 11) is 2.25. The van der Waals surface area contributed by atoms with Crippen molar-refractivity contribution in [2.75, 3.05) is 20.1 Å². The Bertz CT molecular complexity index is 1060. The molecule has 0 spiro atoms. The molecule has 0 saturated carbocycles. The van der Waals surface area contributed by atoms with Gasteiger partial charge in [-0.25, -0.2) is 9.97 Å². The van der Waals surface area contributed by atoms with E-state index in [0.717, 1.165) is 41.7 Å². The number of nitrogens with zero attached hydrogens (tertiary/aromatic N) is 7. The summed E-state index contributed by atoms with van der Waals surface area (Å²) in [5.41, 5.74) is 3.38. The van der Waals surface area contributed by atoms with Crippen molar-refractivity contribution >= 4 is 33.5 Å². The van der Waals surface area contributed by atoms with E-state index in [9.17, 15) is 5.26 Å². The Kier molecular flexibility index (Phi) is 4.01. The smallest absolute Gasteiger partial charge is 0.156 e. The van der Waals surface area contributed by atoms with Gasteiger partial charge in [-0.1, -0.05) is 11.6 Å². The first-order valence-corrected chi connectivity index (χ1v) is 9.62. The molecular formula is C19H20ClN7. The zero-order chi connectivity index (χ0) is 18.5. The Morgan fingerprint density at radius 2 is 2.00 bits per heavy atom. The summed E-state index contributed by atoms with van der Waals surface area (Å²) in [5.74, 6) is 0. The number of piperazine rings is 1. The van der Waals surface area contributed by atoms with Gasteiger partial charge in [-0.15, -0.1) is 0 Å². The highest BCUT2D eigenvalue weighted by molar-refractivity contribution is 6.34. The molecule has 5 rings (SSSR count). The largest absolute Gasteiger partial charge is 0.321 e. The number of likely N-dealkylation sites (N-methyl/N-ethyl adjacent to an activating group) is 1. The van der Waals surface area contributed by atoms with Crippen LogP contribution in [0.3, 0.4) is 0 Å². The summed E-state index contributed by atoms with van der Waals surface area (Å²) in [6.07, 6.45) is 5.90. The van der Waals surface area contributed by atoms with Crippen LogP contribution in [-0.2, 0) is 13.1 Å². The van der Waals surface area contributed by atoms with Crippen molar-refractivity contribution in [3.8, 4) is 6.07 Å². The first-order valence-electron chi connectivity index (χ1n) is 9.24. The number of nitriles is 1. The molecule has 2 saturated heterocycles. The van der Waals surface area contributed by atoms with Crippen LogP contribution >= 0.6 is 11.6 Å². The molecule has 0 aromatic carbocycles. The third-order valence-electron chi connectivity index (χ3n) is 6.07. The van der Waals surface area contributed by atoms with Crippen LogP contribution in [0.25, 0.3) is 21.9 Å². The number of rotatable bonds is 3.